The third-order valence-electron chi connectivity index (χ3n) is 6.70. The number of aryl methyl sites for hydroxylation is 1. The minimum atomic E-state index is -4.78. The SMILES string of the molecule is CC1(C)CC(n2c(Nc3ccc(OC(F)(F)F)cc3)nc3cc(CCC(=O)O)ccc32)CC(C)(C#N)C1. The molecular weight excluding hydrogens is 485 g/mol. The van der Waals surface area contributed by atoms with Crippen molar-refractivity contribution in [3.63, 3.8) is 0 Å². The molecule has 1 heterocycles. The number of carboxylic acid groups (broad SMARTS) is 1. The Hall–Kier alpha value is -3.74. The molecule has 1 aromatic heterocycles. The first kappa shape index (κ1) is 26.3. The van der Waals surface area contributed by atoms with E-state index in [0.29, 0.717) is 30.0 Å². The normalized spacial score (nSPS) is 21.4. The zero-order valence-electron chi connectivity index (χ0n) is 20.9. The molecule has 2 unspecified atom stereocenters. The molecule has 0 spiro atoms. The summed E-state index contributed by atoms with van der Waals surface area (Å²) < 4.78 is 43.7. The highest BCUT2D eigenvalue weighted by molar-refractivity contribution is 5.81. The predicted octanol–water partition coefficient (Wildman–Crippen LogP) is 6.98. The fourth-order valence-corrected chi connectivity index (χ4v) is 5.58. The van der Waals surface area contributed by atoms with Gasteiger partial charge in [0.25, 0.3) is 0 Å². The van der Waals surface area contributed by atoms with Crippen LogP contribution in [0.4, 0.5) is 24.8 Å². The summed E-state index contributed by atoms with van der Waals surface area (Å²) in [5, 5.41) is 22.2. The number of aromatic nitrogens is 2. The van der Waals surface area contributed by atoms with Crippen molar-refractivity contribution in [2.75, 3.05) is 5.32 Å². The van der Waals surface area contributed by atoms with Gasteiger partial charge >= 0.3 is 12.3 Å². The molecule has 7 nitrogen and oxygen atoms in total. The zero-order valence-corrected chi connectivity index (χ0v) is 20.9. The van der Waals surface area contributed by atoms with E-state index in [2.05, 4.69) is 34.5 Å². The molecule has 0 amide bonds. The van der Waals surface area contributed by atoms with E-state index in [1.807, 2.05) is 25.1 Å². The van der Waals surface area contributed by atoms with Crippen molar-refractivity contribution in [1.29, 1.82) is 5.26 Å². The van der Waals surface area contributed by atoms with E-state index >= 15 is 0 Å². The predicted molar refractivity (Wildman–Crippen MR) is 132 cm³/mol. The van der Waals surface area contributed by atoms with Gasteiger partial charge in [0.15, 0.2) is 0 Å². The number of halogens is 3. The summed E-state index contributed by atoms with van der Waals surface area (Å²) >= 11 is 0. The van der Waals surface area contributed by atoms with E-state index in [-0.39, 0.29) is 23.6 Å². The molecule has 0 saturated heterocycles. The minimum absolute atomic E-state index is 0.000998. The van der Waals surface area contributed by atoms with Gasteiger partial charge in [0.1, 0.15) is 5.75 Å². The maximum atomic E-state index is 12.5. The van der Waals surface area contributed by atoms with Crippen LogP contribution in [0.1, 0.15) is 58.1 Å². The molecule has 196 valence electrons. The first-order chi connectivity index (χ1) is 17.3. The quantitative estimate of drug-likeness (QED) is 0.353. The average molecular weight is 515 g/mol. The third-order valence-corrected chi connectivity index (χ3v) is 6.70. The Morgan fingerprint density at radius 1 is 1.22 bits per heavy atom. The van der Waals surface area contributed by atoms with Crippen molar-refractivity contribution in [3.8, 4) is 11.8 Å². The molecule has 1 fully saturated rings. The number of hydrogen-bond donors (Lipinski definition) is 2. The van der Waals surface area contributed by atoms with Crippen LogP contribution >= 0.6 is 0 Å². The van der Waals surface area contributed by atoms with Crippen LogP contribution in [0.3, 0.4) is 0 Å². The fourth-order valence-electron chi connectivity index (χ4n) is 5.58. The van der Waals surface area contributed by atoms with Crippen LogP contribution in [-0.2, 0) is 11.2 Å². The lowest BCUT2D eigenvalue weighted by molar-refractivity contribution is -0.274. The molecule has 1 aliphatic rings. The number of rotatable bonds is 7. The number of anilines is 2. The van der Waals surface area contributed by atoms with E-state index < -0.39 is 17.7 Å². The topological polar surface area (TPSA) is 100 Å². The standard InChI is InChI=1S/C27H29F3N4O3/c1-25(2)13-19(14-26(3,15-25)16-31)34-22-10-4-17(5-11-23(35)36)12-21(22)33-24(34)32-18-6-8-20(9-7-18)37-27(28,29)30/h4,6-10,12,19H,5,11,13-15H2,1-3H3,(H,32,33)(H,35,36). The van der Waals surface area contributed by atoms with Crippen molar-refractivity contribution < 1.29 is 27.8 Å². The van der Waals surface area contributed by atoms with Crippen molar-refractivity contribution in [1.82, 2.24) is 9.55 Å². The summed E-state index contributed by atoms with van der Waals surface area (Å²) in [5.74, 6) is -0.711. The largest absolute Gasteiger partial charge is 0.573 e. The van der Waals surface area contributed by atoms with Crippen molar-refractivity contribution in [3.05, 3.63) is 48.0 Å². The summed E-state index contributed by atoms with van der Waals surface area (Å²) in [4.78, 5) is 15.8. The highest BCUT2D eigenvalue weighted by Crippen LogP contribution is 2.51. The molecule has 1 aliphatic carbocycles. The van der Waals surface area contributed by atoms with Crippen molar-refractivity contribution in [2.24, 2.45) is 10.8 Å². The van der Waals surface area contributed by atoms with Gasteiger partial charge in [-0.25, -0.2) is 4.98 Å². The lowest BCUT2D eigenvalue weighted by Gasteiger charge is -2.44. The highest BCUT2D eigenvalue weighted by atomic mass is 19.4. The first-order valence-corrected chi connectivity index (χ1v) is 12.0. The van der Waals surface area contributed by atoms with Gasteiger partial charge in [-0.2, -0.15) is 5.26 Å². The zero-order chi connectivity index (χ0) is 27.0. The highest BCUT2D eigenvalue weighted by Gasteiger charge is 2.43. The first-order valence-electron chi connectivity index (χ1n) is 12.0. The van der Waals surface area contributed by atoms with Crippen LogP contribution in [0.2, 0.25) is 0 Å². The Labute approximate surface area is 212 Å². The number of carbonyl (C=O) groups is 1. The molecule has 0 aliphatic heterocycles. The molecule has 37 heavy (non-hydrogen) atoms. The van der Waals surface area contributed by atoms with Gasteiger partial charge in [0.05, 0.1) is 22.5 Å². The lowest BCUT2D eigenvalue weighted by Crippen LogP contribution is -2.36. The second-order valence-corrected chi connectivity index (χ2v) is 10.8. The molecule has 3 aromatic rings. The van der Waals surface area contributed by atoms with Crippen LogP contribution in [-0.4, -0.2) is 27.0 Å². The van der Waals surface area contributed by atoms with Crippen molar-refractivity contribution in [2.45, 2.75) is 65.3 Å². The van der Waals surface area contributed by atoms with Crippen molar-refractivity contribution >= 4 is 28.6 Å². The maximum absolute atomic E-state index is 12.5. The monoisotopic (exact) mass is 514 g/mol. The van der Waals surface area contributed by atoms with Gasteiger partial charge in [-0.05, 0) is 80.0 Å². The fraction of sp³-hybridized carbons (Fsp3) is 0.444. The van der Waals surface area contributed by atoms with E-state index in [9.17, 15) is 23.2 Å². The Bertz CT molecular complexity index is 1340. The Balaban J connectivity index is 1.74. The molecule has 4 rings (SSSR count). The second-order valence-electron chi connectivity index (χ2n) is 10.8. The Morgan fingerprint density at radius 3 is 2.54 bits per heavy atom. The van der Waals surface area contributed by atoms with E-state index in [1.54, 1.807) is 0 Å². The number of nitrogens with one attached hydrogen (secondary N) is 1. The van der Waals surface area contributed by atoms with Gasteiger partial charge in [-0.15, -0.1) is 13.2 Å². The number of aliphatic carboxylic acids is 1. The second kappa shape index (κ2) is 9.61. The molecule has 10 heteroatoms. The van der Waals surface area contributed by atoms with Gasteiger partial charge in [0, 0.05) is 18.2 Å². The molecule has 0 radical (unpaired) electrons. The average Bonchev–Trinajstić information content (AvgIpc) is 3.14. The number of imidazole rings is 1. The molecule has 2 atom stereocenters. The van der Waals surface area contributed by atoms with Crippen LogP contribution in [0.25, 0.3) is 11.0 Å². The number of fused-ring (bicyclic) bond motifs is 1. The van der Waals surface area contributed by atoms with Crippen LogP contribution in [0.5, 0.6) is 5.75 Å². The van der Waals surface area contributed by atoms with E-state index in [4.69, 9.17) is 10.1 Å². The Morgan fingerprint density at radius 2 is 1.92 bits per heavy atom. The molecule has 0 bridgehead atoms. The number of benzene rings is 2. The molecule has 2 aromatic carbocycles. The van der Waals surface area contributed by atoms with Gasteiger partial charge in [-0.1, -0.05) is 19.9 Å². The molecule has 2 N–H and O–H groups in total. The number of ether oxygens (including phenoxy) is 1. The van der Waals surface area contributed by atoms with Gasteiger partial charge in [0.2, 0.25) is 5.95 Å². The number of alkyl halides is 3. The smallest absolute Gasteiger partial charge is 0.481 e. The third kappa shape index (κ3) is 6.34. The summed E-state index contributed by atoms with van der Waals surface area (Å²) in [6.45, 7) is 6.26. The lowest BCUT2D eigenvalue weighted by atomic mass is 9.63. The molecular formula is C27H29F3N4O3. The number of nitrogens with zero attached hydrogens (tertiary/aromatic N) is 3. The van der Waals surface area contributed by atoms with Gasteiger partial charge in [-0.3, -0.25) is 4.79 Å². The summed E-state index contributed by atoms with van der Waals surface area (Å²) in [5.41, 5.74) is 2.24. The van der Waals surface area contributed by atoms with E-state index in [1.165, 1.54) is 24.3 Å². The number of hydrogen-bond acceptors (Lipinski definition) is 5. The van der Waals surface area contributed by atoms with Gasteiger partial charge < -0.3 is 19.7 Å². The van der Waals surface area contributed by atoms with Crippen LogP contribution < -0.4 is 10.1 Å². The van der Waals surface area contributed by atoms with Crippen LogP contribution in [0, 0.1) is 22.2 Å². The van der Waals surface area contributed by atoms with Crippen LogP contribution in [0.15, 0.2) is 42.5 Å². The number of nitriles is 1. The Kier molecular flexibility index (Phi) is 6.84. The summed E-state index contributed by atoms with van der Waals surface area (Å²) in [6, 6.07) is 13.5. The summed E-state index contributed by atoms with van der Waals surface area (Å²) in [6.07, 6.45) is -2.22. The number of carboxylic acids is 1. The van der Waals surface area contributed by atoms with E-state index in [0.717, 1.165) is 23.9 Å². The molecule has 1 saturated carbocycles. The maximum Gasteiger partial charge on any atom is 0.573 e. The summed E-state index contributed by atoms with van der Waals surface area (Å²) in [7, 11) is 0. The minimum Gasteiger partial charge on any atom is -0.481 e.